The Labute approximate surface area is 152 Å². The SMILES string of the molecule is CNc1ccc(C(=O)N[C@@H]2CCCC[C@@H]2Cc2nn(C)c(=O)n2C)cn1. The summed E-state index contributed by atoms with van der Waals surface area (Å²) in [5.41, 5.74) is 0.436. The summed E-state index contributed by atoms with van der Waals surface area (Å²) in [4.78, 5) is 28.7. The minimum Gasteiger partial charge on any atom is -0.373 e. The number of nitrogens with zero attached hydrogens (tertiary/aromatic N) is 4. The Morgan fingerprint density at radius 1 is 1.27 bits per heavy atom. The van der Waals surface area contributed by atoms with Gasteiger partial charge in [0.25, 0.3) is 5.91 Å². The van der Waals surface area contributed by atoms with Crippen molar-refractivity contribution in [1.82, 2.24) is 24.6 Å². The Kier molecular flexibility index (Phi) is 5.39. The summed E-state index contributed by atoms with van der Waals surface area (Å²) in [7, 11) is 5.20. The number of aryl methyl sites for hydroxylation is 1. The van der Waals surface area contributed by atoms with Crippen LogP contribution in [0.2, 0.25) is 0 Å². The minimum atomic E-state index is -0.118. The van der Waals surface area contributed by atoms with Crippen LogP contribution >= 0.6 is 0 Å². The summed E-state index contributed by atoms with van der Waals surface area (Å²) < 4.78 is 2.95. The molecule has 0 saturated heterocycles. The van der Waals surface area contributed by atoms with E-state index in [4.69, 9.17) is 0 Å². The van der Waals surface area contributed by atoms with Gasteiger partial charge in [-0.2, -0.15) is 5.10 Å². The van der Waals surface area contributed by atoms with Gasteiger partial charge in [0.1, 0.15) is 11.6 Å². The van der Waals surface area contributed by atoms with E-state index in [1.807, 2.05) is 0 Å². The number of aromatic nitrogens is 4. The fourth-order valence-corrected chi connectivity index (χ4v) is 3.59. The van der Waals surface area contributed by atoms with Crippen molar-refractivity contribution in [2.75, 3.05) is 12.4 Å². The third-order valence-electron chi connectivity index (χ3n) is 5.17. The quantitative estimate of drug-likeness (QED) is 0.834. The van der Waals surface area contributed by atoms with Gasteiger partial charge in [0.15, 0.2) is 0 Å². The molecule has 2 aromatic heterocycles. The first-order valence-corrected chi connectivity index (χ1v) is 9.03. The maximum absolute atomic E-state index is 12.6. The first kappa shape index (κ1) is 18.2. The molecule has 0 radical (unpaired) electrons. The van der Waals surface area contributed by atoms with Crippen LogP contribution in [-0.4, -0.2) is 38.3 Å². The highest BCUT2D eigenvalue weighted by Gasteiger charge is 2.28. The maximum atomic E-state index is 12.6. The zero-order chi connectivity index (χ0) is 18.7. The van der Waals surface area contributed by atoms with Gasteiger partial charge in [-0.25, -0.2) is 14.5 Å². The first-order valence-electron chi connectivity index (χ1n) is 9.03. The number of amides is 1. The second-order valence-electron chi connectivity index (χ2n) is 6.89. The van der Waals surface area contributed by atoms with Gasteiger partial charge in [0.05, 0.1) is 5.56 Å². The van der Waals surface area contributed by atoms with Crippen LogP contribution in [0.1, 0.15) is 41.9 Å². The number of rotatable bonds is 5. The summed E-state index contributed by atoms with van der Waals surface area (Å²) in [6.07, 6.45) is 6.47. The van der Waals surface area contributed by atoms with Crippen molar-refractivity contribution >= 4 is 11.7 Å². The van der Waals surface area contributed by atoms with Crippen LogP contribution < -0.4 is 16.3 Å². The second-order valence-corrected chi connectivity index (χ2v) is 6.89. The molecular formula is C18H26N6O2. The highest BCUT2D eigenvalue weighted by atomic mass is 16.2. The number of hydrogen-bond acceptors (Lipinski definition) is 5. The van der Waals surface area contributed by atoms with E-state index in [0.717, 1.165) is 37.3 Å². The summed E-state index contributed by atoms with van der Waals surface area (Å²) in [6.45, 7) is 0. The van der Waals surface area contributed by atoms with Gasteiger partial charge in [0, 0.05) is 39.8 Å². The van der Waals surface area contributed by atoms with Gasteiger partial charge >= 0.3 is 5.69 Å². The van der Waals surface area contributed by atoms with E-state index in [1.54, 1.807) is 44.0 Å². The second kappa shape index (κ2) is 7.72. The number of carbonyl (C=O) groups excluding carboxylic acids is 1. The summed E-state index contributed by atoms with van der Waals surface area (Å²) in [5.74, 6) is 1.67. The Morgan fingerprint density at radius 3 is 2.65 bits per heavy atom. The van der Waals surface area contributed by atoms with E-state index in [9.17, 15) is 9.59 Å². The number of anilines is 1. The molecule has 0 bridgehead atoms. The normalized spacial score (nSPS) is 20.0. The lowest BCUT2D eigenvalue weighted by Gasteiger charge is -2.32. The highest BCUT2D eigenvalue weighted by Crippen LogP contribution is 2.27. The van der Waals surface area contributed by atoms with E-state index in [2.05, 4.69) is 20.7 Å². The lowest BCUT2D eigenvalue weighted by molar-refractivity contribution is 0.0904. The number of carbonyl (C=O) groups is 1. The van der Waals surface area contributed by atoms with Crippen LogP contribution in [0, 0.1) is 5.92 Å². The summed E-state index contributed by atoms with van der Waals surface area (Å²) >= 11 is 0. The molecule has 0 aliphatic heterocycles. The largest absolute Gasteiger partial charge is 0.373 e. The molecule has 2 N–H and O–H groups in total. The first-order chi connectivity index (χ1) is 12.5. The molecule has 1 saturated carbocycles. The molecule has 1 aliphatic carbocycles. The van der Waals surface area contributed by atoms with Gasteiger partial charge in [-0.05, 0) is 30.9 Å². The molecule has 1 fully saturated rings. The number of nitrogens with one attached hydrogen (secondary N) is 2. The molecule has 0 unspecified atom stereocenters. The molecule has 0 spiro atoms. The number of pyridine rings is 1. The molecule has 140 valence electrons. The molecule has 8 nitrogen and oxygen atoms in total. The minimum absolute atomic E-state index is 0.0809. The van der Waals surface area contributed by atoms with Crippen LogP contribution in [-0.2, 0) is 20.5 Å². The van der Waals surface area contributed by atoms with E-state index >= 15 is 0 Å². The molecule has 2 atom stereocenters. The van der Waals surface area contributed by atoms with Gasteiger partial charge < -0.3 is 10.6 Å². The summed E-state index contributed by atoms with van der Waals surface area (Å²) in [5, 5.41) is 10.4. The zero-order valence-electron chi connectivity index (χ0n) is 15.5. The van der Waals surface area contributed by atoms with Crippen molar-refractivity contribution in [2.45, 2.75) is 38.1 Å². The molecule has 2 heterocycles. The Bertz CT molecular complexity index is 823. The van der Waals surface area contributed by atoms with Crippen LogP contribution in [0.4, 0.5) is 5.82 Å². The molecule has 3 rings (SSSR count). The maximum Gasteiger partial charge on any atom is 0.345 e. The standard InChI is InChI=1S/C18H26N6O2/c1-19-15-9-8-13(11-20-15)17(25)21-14-7-5-4-6-12(14)10-16-22-24(3)18(26)23(16)2/h8-9,11-12,14H,4-7,10H2,1-3H3,(H,19,20)(H,21,25)/t12-,14-/m1/s1. The van der Waals surface area contributed by atoms with Crippen LogP contribution in [0.5, 0.6) is 0 Å². The molecule has 1 amide bonds. The molecule has 0 aromatic carbocycles. The van der Waals surface area contributed by atoms with Crippen LogP contribution in [0.25, 0.3) is 0 Å². The highest BCUT2D eigenvalue weighted by molar-refractivity contribution is 5.94. The van der Waals surface area contributed by atoms with E-state index < -0.39 is 0 Å². The van der Waals surface area contributed by atoms with Crippen molar-refractivity contribution in [3.63, 3.8) is 0 Å². The van der Waals surface area contributed by atoms with Crippen LogP contribution in [0.15, 0.2) is 23.1 Å². The van der Waals surface area contributed by atoms with E-state index in [-0.39, 0.29) is 23.6 Å². The average Bonchev–Trinajstić information content (AvgIpc) is 2.90. The van der Waals surface area contributed by atoms with Gasteiger partial charge in [-0.3, -0.25) is 9.36 Å². The lowest BCUT2D eigenvalue weighted by Crippen LogP contribution is -2.43. The predicted octanol–water partition coefficient (Wildman–Crippen LogP) is 1.09. The Hall–Kier alpha value is -2.64. The van der Waals surface area contributed by atoms with Gasteiger partial charge in [-0.1, -0.05) is 12.8 Å². The van der Waals surface area contributed by atoms with Crippen molar-refractivity contribution in [2.24, 2.45) is 20.0 Å². The molecule has 8 heteroatoms. The van der Waals surface area contributed by atoms with Crippen molar-refractivity contribution in [3.8, 4) is 0 Å². The number of hydrogen-bond donors (Lipinski definition) is 2. The third-order valence-corrected chi connectivity index (χ3v) is 5.17. The van der Waals surface area contributed by atoms with Gasteiger partial charge in [-0.15, -0.1) is 0 Å². The monoisotopic (exact) mass is 358 g/mol. The Morgan fingerprint density at radius 2 is 2.04 bits per heavy atom. The lowest BCUT2D eigenvalue weighted by atomic mass is 9.82. The molecule has 26 heavy (non-hydrogen) atoms. The molecule has 1 aliphatic rings. The van der Waals surface area contributed by atoms with Crippen molar-refractivity contribution in [1.29, 1.82) is 0 Å². The van der Waals surface area contributed by atoms with E-state index in [1.165, 1.54) is 4.68 Å². The molecule has 2 aromatic rings. The topological polar surface area (TPSA) is 93.8 Å². The van der Waals surface area contributed by atoms with Crippen LogP contribution in [0.3, 0.4) is 0 Å². The van der Waals surface area contributed by atoms with Gasteiger partial charge in [0.2, 0.25) is 0 Å². The van der Waals surface area contributed by atoms with Crippen molar-refractivity contribution in [3.05, 3.63) is 40.2 Å². The zero-order valence-corrected chi connectivity index (χ0v) is 15.5. The Balaban J connectivity index is 1.70. The predicted molar refractivity (Wildman–Crippen MR) is 99.1 cm³/mol. The summed E-state index contributed by atoms with van der Waals surface area (Å²) in [6, 6.07) is 3.64. The average molecular weight is 358 g/mol. The van der Waals surface area contributed by atoms with E-state index in [0.29, 0.717) is 12.0 Å². The molecular weight excluding hydrogens is 332 g/mol. The van der Waals surface area contributed by atoms with Crippen molar-refractivity contribution < 1.29 is 4.79 Å². The fourth-order valence-electron chi connectivity index (χ4n) is 3.59. The third kappa shape index (κ3) is 3.79. The fraction of sp³-hybridized carbons (Fsp3) is 0.556. The smallest absolute Gasteiger partial charge is 0.345 e.